The molecule has 0 saturated heterocycles. The highest BCUT2D eigenvalue weighted by atomic mass is 32.1. The normalized spacial score (nSPS) is 13.8. The third kappa shape index (κ3) is 3.84. The lowest BCUT2D eigenvalue weighted by Crippen LogP contribution is -2.35. The molecule has 0 radical (unpaired) electrons. The first-order valence-corrected chi connectivity index (χ1v) is 7.91. The SMILES string of the molecule is CCN(CC)C(=O)CNc1snc(N)c1C(=O)NC1CC1. The van der Waals surface area contributed by atoms with E-state index < -0.39 is 0 Å². The van der Waals surface area contributed by atoms with Crippen molar-refractivity contribution in [3.63, 3.8) is 0 Å². The number of amides is 2. The van der Waals surface area contributed by atoms with Gasteiger partial charge in [0.05, 0.1) is 6.54 Å². The molecule has 1 aliphatic rings. The van der Waals surface area contributed by atoms with Gasteiger partial charge in [0.2, 0.25) is 5.91 Å². The van der Waals surface area contributed by atoms with Crippen LogP contribution in [0.2, 0.25) is 0 Å². The van der Waals surface area contributed by atoms with Crippen molar-refractivity contribution in [2.75, 3.05) is 30.7 Å². The van der Waals surface area contributed by atoms with Gasteiger partial charge in [-0.15, -0.1) is 0 Å². The van der Waals surface area contributed by atoms with Crippen LogP contribution in [0.1, 0.15) is 37.0 Å². The Kier molecular flexibility index (Phi) is 5.00. The first kappa shape index (κ1) is 15.6. The Bertz CT molecular complexity index is 523. The van der Waals surface area contributed by atoms with Gasteiger partial charge in [0.15, 0.2) is 5.82 Å². The molecular weight excluding hydrogens is 290 g/mol. The number of nitrogens with two attached hydrogens (primary N) is 1. The van der Waals surface area contributed by atoms with Crippen molar-refractivity contribution in [3.05, 3.63) is 5.56 Å². The summed E-state index contributed by atoms with van der Waals surface area (Å²) in [4.78, 5) is 25.8. The van der Waals surface area contributed by atoms with Crippen LogP contribution in [0.15, 0.2) is 0 Å². The Balaban J connectivity index is 1.99. The Morgan fingerprint density at radius 1 is 1.38 bits per heavy atom. The van der Waals surface area contributed by atoms with E-state index in [0.29, 0.717) is 23.7 Å². The Morgan fingerprint density at radius 3 is 2.62 bits per heavy atom. The van der Waals surface area contributed by atoms with Crippen LogP contribution in [-0.2, 0) is 4.79 Å². The smallest absolute Gasteiger partial charge is 0.258 e. The summed E-state index contributed by atoms with van der Waals surface area (Å²) in [6, 6.07) is 0.252. The van der Waals surface area contributed by atoms with Gasteiger partial charge in [0, 0.05) is 19.1 Å². The van der Waals surface area contributed by atoms with Gasteiger partial charge < -0.3 is 21.3 Å². The van der Waals surface area contributed by atoms with Gasteiger partial charge >= 0.3 is 0 Å². The van der Waals surface area contributed by atoms with E-state index in [9.17, 15) is 9.59 Å². The van der Waals surface area contributed by atoms with Crippen molar-refractivity contribution in [2.24, 2.45) is 0 Å². The average Bonchev–Trinajstić information content (AvgIpc) is 3.19. The van der Waals surface area contributed by atoms with Gasteiger partial charge in [-0.1, -0.05) is 0 Å². The molecule has 4 N–H and O–H groups in total. The molecule has 1 fully saturated rings. The molecule has 0 atom stereocenters. The summed E-state index contributed by atoms with van der Waals surface area (Å²) in [7, 11) is 0. The lowest BCUT2D eigenvalue weighted by Gasteiger charge is -2.18. The van der Waals surface area contributed by atoms with Crippen LogP contribution in [0.3, 0.4) is 0 Å². The molecule has 21 heavy (non-hydrogen) atoms. The maximum atomic E-state index is 12.1. The zero-order valence-electron chi connectivity index (χ0n) is 12.3. The number of aromatic nitrogens is 1. The second-order valence-electron chi connectivity index (χ2n) is 4.94. The minimum absolute atomic E-state index is 0.0134. The zero-order chi connectivity index (χ0) is 15.4. The second-order valence-corrected chi connectivity index (χ2v) is 5.71. The van der Waals surface area contributed by atoms with E-state index in [1.54, 1.807) is 4.90 Å². The highest BCUT2D eigenvalue weighted by molar-refractivity contribution is 7.11. The van der Waals surface area contributed by atoms with E-state index in [1.165, 1.54) is 0 Å². The Labute approximate surface area is 128 Å². The monoisotopic (exact) mass is 311 g/mol. The Hall–Kier alpha value is -1.83. The molecule has 7 nitrogen and oxygen atoms in total. The summed E-state index contributed by atoms with van der Waals surface area (Å²) in [5.41, 5.74) is 6.11. The summed E-state index contributed by atoms with van der Waals surface area (Å²) in [6.07, 6.45) is 2.01. The quantitative estimate of drug-likeness (QED) is 0.694. The van der Waals surface area contributed by atoms with Gasteiger partial charge in [-0.05, 0) is 38.2 Å². The van der Waals surface area contributed by atoms with Crippen LogP contribution in [0, 0.1) is 0 Å². The molecule has 0 unspecified atom stereocenters. The molecule has 0 bridgehead atoms. The third-order valence-corrected chi connectivity index (χ3v) is 4.19. The van der Waals surface area contributed by atoms with Crippen LogP contribution in [0.5, 0.6) is 0 Å². The van der Waals surface area contributed by atoms with Gasteiger partial charge in [0.1, 0.15) is 10.6 Å². The van der Waals surface area contributed by atoms with Gasteiger partial charge in [-0.3, -0.25) is 9.59 Å². The number of hydrogen-bond donors (Lipinski definition) is 3. The number of carbonyl (C=O) groups is 2. The van der Waals surface area contributed by atoms with E-state index >= 15 is 0 Å². The lowest BCUT2D eigenvalue weighted by atomic mass is 10.3. The van der Waals surface area contributed by atoms with E-state index in [-0.39, 0.29) is 30.2 Å². The molecule has 2 rings (SSSR count). The highest BCUT2D eigenvalue weighted by Crippen LogP contribution is 2.28. The van der Waals surface area contributed by atoms with Crippen molar-refractivity contribution in [1.82, 2.24) is 14.6 Å². The van der Waals surface area contributed by atoms with E-state index in [2.05, 4.69) is 15.0 Å². The molecule has 8 heteroatoms. The maximum absolute atomic E-state index is 12.1. The Morgan fingerprint density at radius 2 is 2.05 bits per heavy atom. The third-order valence-electron chi connectivity index (χ3n) is 3.37. The fourth-order valence-corrected chi connectivity index (χ4v) is 2.68. The first-order chi connectivity index (χ1) is 10.1. The molecular formula is C13H21N5O2S. The standard InChI is InChI=1S/C13H21N5O2S/c1-3-18(4-2)9(19)7-15-13-10(11(14)17-21-13)12(20)16-8-5-6-8/h8,15H,3-7H2,1-2H3,(H2,14,17)(H,16,20). The molecule has 1 heterocycles. The number of nitrogen functional groups attached to an aromatic ring is 1. The molecule has 0 spiro atoms. The summed E-state index contributed by atoms with van der Waals surface area (Å²) < 4.78 is 4.00. The molecule has 2 amide bonds. The number of hydrogen-bond acceptors (Lipinski definition) is 6. The fraction of sp³-hybridized carbons (Fsp3) is 0.615. The number of anilines is 2. The van der Waals surface area contributed by atoms with Crippen molar-refractivity contribution >= 4 is 34.2 Å². The number of rotatable bonds is 7. The van der Waals surface area contributed by atoms with Crippen molar-refractivity contribution < 1.29 is 9.59 Å². The molecule has 1 saturated carbocycles. The predicted octanol–water partition coefficient (Wildman–Crippen LogP) is 0.898. The summed E-state index contributed by atoms with van der Waals surface area (Å²) in [5.74, 6) is -0.0296. The molecule has 1 aliphatic carbocycles. The van der Waals surface area contributed by atoms with E-state index in [1.807, 2.05) is 13.8 Å². The van der Waals surface area contributed by atoms with E-state index in [0.717, 1.165) is 24.4 Å². The minimum atomic E-state index is -0.221. The van der Waals surface area contributed by atoms with Crippen LogP contribution < -0.4 is 16.4 Å². The fourth-order valence-electron chi connectivity index (χ4n) is 1.97. The zero-order valence-corrected chi connectivity index (χ0v) is 13.1. The second kappa shape index (κ2) is 6.75. The topological polar surface area (TPSA) is 100 Å². The number of nitrogens with one attached hydrogen (secondary N) is 2. The van der Waals surface area contributed by atoms with E-state index in [4.69, 9.17) is 5.73 Å². The molecule has 116 valence electrons. The van der Waals surface area contributed by atoms with Crippen molar-refractivity contribution in [2.45, 2.75) is 32.7 Å². The molecule has 1 aromatic heterocycles. The summed E-state index contributed by atoms with van der Waals surface area (Å²) in [5, 5.41) is 6.41. The maximum Gasteiger partial charge on any atom is 0.258 e. The van der Waals surface area contributed by atoms with Gasteiger partial charge in [-0.2, -0.15) is 4.37 Å². The van der Waals surface area contributed by atoms with Gasteiger partial charge in [-0.25, -0.2) is 0 Å². The molecule has 0 aromatic carbocycles. The minimum Gasteiger partial charge on any atom is -0.382 e. The van der Waals surface area contributed by atoms with Crippen LogP contribution in [0.25, 0.3) is 0 Å². The lowest BCUT2D eigenvalue weighted by molar-refractivity contribution is -0.128. The van der Waals surface area contributed by atoms with Crippen molar-refractivity contribution in [3.8, 4) is 0 Å². The average molecular weight is 311 g/mol. The first-order valence-electron chi connectivity index (χ1n) is 7.14. The number of nitrogens with zero attached hydrogens (tertiary/aromatic N) is 2. The summed E-state index contributed by atoms with van der Waals surface area (Å²) >= 11 is 1.10. The largest absolute Gasteiger partial charge is 0.382 e. The predicted molar refractivity (Wildman–Crippen MR) is 83.4 cm³/mol. The van der Waals surface area contributed by atoms with Gasteiger partial charge in [0.25, 0.3) is 5.91 Å². The number of carbonyl (C=O) groups excluding carboxylic acids is 2. The highest BCUT2D eigenvalue weighted by Gasteiger charge is 2.27. The number of likely N-dealkylation sites (N-methyl/N-ethyl adjacent to an activating group) is 1. The van der Waals surface area contributed by atoms with Crippen LogP contribution >= 0.6 is 11.5 Å². The molecule has 0 aliphatic heterocycles. The summed E-state index contributed by atoms with van der Waals surface area (Å²) in [6.45, 7) is 5.32. The van der Waals surface area contributed by atoms with Crippen LogP contribution in [0.4, 0.5) is 10.8 Å². The van der Waals surface area contributed by atoms with Crippen molar-refractivity contribution in [1.29, 1.82) is 0 Å². The van der Waals surface area contributed by atoms with Crippen LogP contribution in [-0.4, -0.2) is 46.8 Å². The molecule has 1 aromatic rings.